The molecule has 0 aliphatic carbocycles. The van der Waals surface area contributed by atoms with Gasteiger partial charge in [0.25, 0.3) is 5.69 Å². The van der Waals surface area contributed by atoms with Crippen LogP contribution in [0.1, 0.15) is 10.6 Å². The minimum Gasteiger partial charge on any atom is -0.497 e. The van der Waals surface area contributed by atoms with Crippen molar-refractivity contribution in [1.29, 1.82) is 0 Å². The van der Waals surface area contributed by atoms with Crippen molar-refractivity contribution in [3.05, 3.63) is 75.3 Å². The van der Waals surface area contributed by atoms with Gasteiger partial charge in [-0.1, -0.05) is 18.2 Å². The number of ether oxygens (including phenoxy) is 1. The van der Waals surface area contributed by atoms with Crippen molar-refractivity contribution in [3.8, 4) is 5.75 Å². The maximum Gasteiger partial charge on any atom is 0.269 e. The van der Waals surface area contributed by atoms with Crippen molar-refractivity contribution in [2.24, 2.45) is 0 Å². The lowest BCUT2D eigenvalue weighted by Gasteiger charge is -1.96. The molecule has 0 aliphatic rings. The van der Waals surface area contributed by atoms with E-state index < -0.39 is 4.92 Å². The van der Waals surface area contributed by atoms with Crippen LogP contribution in [-0.4, -0.2) is 17.0 Å². The van der Waals surface area contributed by atoms with Crippen molar-refractivity contribution < 1.29 is 9.66 Å². The molecule has 0 amide bonds. The molecule has 120 valence electrons. The summed E-state index contributed by atoms with van der Waals surface area (Å²) < 4.78 is 6.29. The Balaban J connectivity index is 1.70. The van der Waals surface area contributed by atoms with E-state index in [0.717, 1.165) is 26.5 Å². The van der Waals surface area contributed by atoms with Gasteiger partial charge < -0.3 is 4.74 Å². The van der Waals surface area contributed by atoms with E-state index in [1.54, 1.807) is 30.6 Å². The molecule has 1 heterocycles. The summed E-state index contributed by atoms with van der Waals surface area (Å²) in [6.07, 6.45) is 7.60. The number of rotatable bonds is 5. The molecule has 0 N–H and O–H groups in total. The first-order valence-electron chi connectivity index (χ1n) is 7.19. The van der Waals surface area contributed by atoms with Gasteiger partial charge in [0, 0.05) is 12.1 Å². The molecule has 0 aliphatic heterocycles. The van der Waals surface area contributed by atoms with Gasteiger partial charge >= 0.3 is 0 Å². The van der Waals surface area contributed by atoms with E-state index in [0.29, 0.717) is 0 Å². The van der Waals surface area contributed by atoms with Gasteiger partial charge in [-0.3, -0.25) is 10.1 Å². The molecule has 3 aromatic rings. The Morgan fingerprint density at radius 3 is 2.58 bits per heavy atom. The SMILES string of the molecule is COc1ccc2nc(/C=C/C=C/c3ccc([N+](=O)[O-])cc3)sc2c1. The van der Waals surface area contributed by atoms with Crippen molar-refractivity contribution in [3.63, 3.8) is 0 Å². The Labute approximate surface area is 142 Å². The van der Waals surface area contributed by atoms with Crippen LogP contribution in [0.15, 0.2) is 54.6 Å². The van der Waals surface area contributed by atoms with Crippen LogP contribution in [0, 0.1) is 10.1 Å². The molecule has 24 heavy (non-hydrogen) atoms. The summed E-state index contributed by atoms with van der Waals surface area (Å²) in [7, 11) is 1.64. The molecule has 0 saturated heterocycles. The maximum absolute atomic E-state index is 10.6. The Hall–Kier alpha value is -2.99. The molecule has 0 radical (unpaired) electrons. The van der Waals surface area contributed by atoms with E-state index in [1.165, 1.54) is 12.1 Å². The van der Waals surface area contributed by atoms with Crippen LogP contribution in [0.4, 0.5) is 5.69 Å². The summed E-state index contributed by atoms with van der Waals surface area (Å²) in [5.74, 6) is 0.819. The molecule has 0 saturated carbocycles. The monoisotopic (exact) mass is 338 g/mol. The third-order valence-corrected chi connectivity index (χ3v) is 4.34. The van der Waals surface area contributed by atoms with Crippen molar-refractivity contribution in [1.82, 2.24) is 4.98 Å². The van der Waals surface area contributed by atoms with Gasteiger partial charge in [0.05, 0.1) is 22.2 Å². The van der Waals surface area contributed by atoms with Crippen LogP contribution in [0.5, 0.6) is 5.75 Å². The van der Waals surface area contributed by atoms with Gasteiger partial charge in [0.15, 0.2) is 0 Å². The van der Waals surface area contributed by atoms with Crippen LogP contribution < -0.4 is 4.74 Å². The van der Waals surface area contributed by atoms with E-state index in [9.17, 15) is 10.1 Å². The molecule has 0 unspecified atom stereocenters. The number of nitro groups is 1. The van der Waals surface area contributed by atoms with E-state index in [2.05, 4.69) is 4.98 Å². The highest BCUT2D eigenvalue weighted by Crippen LogP contribution is 2.26. The van der Waals surface area contributed by atoms with Crippen molar-refractivity contribution >= 4 is 39.4 Å². The summed E-state index contributed by atoms with van der Waals surface area (Å²) in [4.78, 5) is 14.7. The minimum atomic E-state index is -0.407. The number of hydrogen-bond acceptors (Lipinski definition) is 5. The zero-order chi connectivity index (χ0) is 16.9. The van der Waals surface area contributed by atoms with Gasteiger partial charge in [-0.15, -0.1) is 11.3 Å². The first-order valence-corrected chi connectivity index (χ1v) is 8.01. The highest BCUT2D eigenvalue weighted by atomic mass is 32.1. The van der Waals surface area contributed by atoms with Crippen LogP contribution in [0.25, 0.3) is 22.4 Å². The van der Waals surface area contributed by atoms with Crippen LogP contribution >= 0.6 is 11.3 Å². The molecule has 5 nitrogen and oxygen atoms in total. The number of fused-ring (bicyclic) bond motifs is 1. The van der Waals surface area contributed by atoms with Crippen molar-refractivity contribution in [2.45, 2.75) is 0 Å². The number of allylic oxidation sites excluding steroid dienone is 2. The molecule has 0 atom stereocenters. The molecule has 0 fully saturated rings. The number of hydrogen-bond donors (Lipinski definition) is 0. The van der Waals surface area contributed by atoms with E-state index in [1.807, 2.05) is 42.5 Å². The van der Waals surface area contributed by atoms with Crippen LogP contribution in [-0.2, 0) is 0 Å². The standard InChI is InChI=1S/C18H14N2O3S/c1-23-15-10-11-16-17(12-15)24-18(19-16)5-3-2-4-13-6-8-14(9-7-13)20(21)22/h2-12H,1H3/b4-2+,5-3+. The fourth-order valence-corrected chi connectivity index (χ4v) is 3.04. The summed E-state index contributed by atoms with van der Waals surface area (Å²) >= 11 is 1.59. The third-order valence-electron chi connectivity index (χ3n) is 3.35. The smallest absolute Gasteiger partial charge is 0.269 e. The molecular formula is C18H14N2O3S. The molecule has 6 heteroatoms. The topological polar surface area (TPSA) is 65.3 Å². The van der Waals surface area contributed by atoms with Gasteiger partial charge in [0.2, 0.25) is 0 Å². The molecule has 1 aromatic heterocycles. The van der Waals surface area contributed by atoms with Crippen LogP contribution in [0.2, 0.25) is 0 Å². The highest BCUT2D eigenvalue weighted by molar-refractivity contribution is 7.19. The molecule has 3 rings (SSSR count). The summed E-state index contributed by atoms with van der Waals surface area (Å²) in [6, 6.07) is 12.2. The van der Waals surface area contributed by atoms with E-state index in [4.69, 9.17) is 4.74 Å². The third kappa shape index (κ3) is 3.67. The van der Waals surface area contributed by atoms with Gasteiger partial charge in [-0.05, 0) is 42.0 Å². The number of benzene rings is 2. The summed E-state index contributed by atoms with van der Waals surface area (Å²) in [5, 5.41) is 11.5. The zero-order valence-corrected chi connectivity index (χ0v) is 13.7. The van der Waals surface area contributed by atoms with Gasteiger partial charge in [-0.25, -0.2) is 4.98 Å². The summed E-state index contributed by atoms with van der Waals surface area (Å²) in [5.41, 5.74) is 1.94. The lowest BCUT2D eigenvalue weighted by Crippen LogP contribution is -1.86. The number of thiazole rings is 1. The predicted molar refractivity (Wildman–Crippen MR) is 97.3 cm³/mol. The average molecular weight is 338 g/mol. The molecular weight excluding hydrogens is 324 g/mol. The van der Waals surface area contributed by atoms with Crippen molar-refractivity contribution in [2.75, 3.05) is 7.11 Å². The number of aromatic nitrogens is 1. The second kappa shape index (κ2) is 7.06. The average Bonchev–Trinajstić information content (AvgIpc) is 3.00. The fraction of sp³-hybridized carbons (Fsp3) is 0.0556. The minimum absolute atomic E-state index is 0.0904. The Morgan fingerprint density at radius 2 is 1.88 bits per heavy atom. The largest absolute Gasteiger partial charge is 0.497 e. The number of non-ortho nitro benzene ring substituents is 1. The van der Waals surface area contributed by atoms with E-state index in [-0.39, 0.29) is 5.69 Å². The second-order valence-electron chi connectivity index (χ2n) is 4.95. The quantitative estimate of drug-likeness (QED) is 0.375. The lowest BCUT2D eigenvalue weighted by atomic mass is 10.2. The Kier molecular flexibility index (Phi) is 4.67. The first-order chi connectivity index (χ1) is 11.7. The van der Waals surface area contributed by atoms with E-state index >= 15 is 0 Å². The predicted octanol–water partition coefficient (Wildman–Crippen LogP) is 4.94. The molecule has 2 aromatic carbocycles. The number of methoxy groups -OCH3 is 1. The number of nitro benzene ring substituents is 1. The van der Waals surface area contributed by atoms with Gasteiger partial charge in [-0.2, -0.15) is 0 Å². The normalized spacial score (nSPS) is 11.5. The maximum atomic E-state index is 10.6. The second-order valence-corrected chi connectivity index (χ2v) is 6.01. The molecule has 0 bridgehead atoms. The Bertz CT molecular complexity index is 927. The summed E-state index contributed by atoms with van der Waals surface area (Å²) in [6.45, 7) is 0. The molecule has 0 spiro atoms. The highest BCUT2D eigenvalue weighted by Gasteiger charge is 2.03. The fourth-order valence-electron chi connectivity index (χ4n) is 2.13. The van der Waals surface area contributed by atoms with Crippen LogP contribution in [0.3, 0.4) is 0 Å². The Morgan fingerprint density at radius 1 is 1.12 bits per heavy atom. The zero-order valence-electron chi connectivity index (χ0n) is 12.9. The lowest BCUT2D eigenvalue weighted by molar-refractivity contribution is -0.384. The van der Waals surface area contributed by atoms with Gasteiger partial charge in [0.1, 0.15) is 10.8 Å². The first kappa shape index (κ1) is 15.9. The number of nitrogens with zero attached hydrogens (tertiary/aromatic N) is 2.